The first-order valence-electron chi connectivity index (χ1n) is 12.5. The maximum absolute atomic E-state index is 14.5. The van der Waals surface area contributed by atoms with Crippen LogP contribution in [0.25, 0.3) is 10.8 Å². The zero-order chi connectivity index (χ0) is 24.0. The van der Waals surface area contributed by atoms with Gasteiger partial charge in [0.2, 0.25) is 0 Å². The molecule has 7 heteroatoms. The van der Waals surface area contributed by atoms with E-state index in [-0.39, 0.29) is 35.2 Å². The Bertz CT molecular complexity index is 1050. The van der Waals surface area contributed by atoms with E-state index >= 15 is 0 Å². The van der Waals surface area contributed by atoms with Gasteiger partial charge < -0.3 is 9.84 Å². The van der Waals surface area contributed by atoms with E-state index in [1.54, 1.807) is 18.2 Å². The first-order chi connectivity index (χ1) is 16.2. The van der Waals surface area contributed by atoms with Gasteiger partial charge in [-0.25, -0.2) is 0 Å². The second-order valence-electron chi connectivity index (χ2n) is 10.5. The lowest BCUT2D eigenvalue weighted by atomic mass is 9.88. The number of rotatable bonds is 5. The van der Waals surface area contributed by atoms with Crippen molar-refractivity contribution in [3.8, 4) is 5.75 Å². The number of nitrogens with zero attached hydrogens (tertiary/aromatic N) is 1. The van der Waals surface area contributed by atoms with E-state index in [1.807, 2.05) is 6.07 Å². The fourth-order valence-electron chi connectivity index (χ4n) is 6.40. The highest BCUT2D eigenvalue weighted by molar-refractivity contribution is 5.91. The van der Waals surface area contributed by atoms with Gasteiger partial charge in [0.1, 0.15) is 11.3 Å². The molecule has 5 rings (SSSR count). The Balaban J connectivity index is 1.50. The standard InChI is InChI=1S/C27H32F3NO3/c1-16-5-10-22(11-6-16)34-23-12-7-17-3-2-4-18(24(17)25(23)27(28,29)30)15-31-20-8-9-21(31)14-19(13-20)26(32)33/h2-4,7,12,16,19-22H,5-6,8-11,13-15H2,1H3,(H,32,33). The van der Waals surface area contributed by atoms with Gasteiger partial charge in [0.15, 0.2) is 0 Å². The van der Waals surface area contributed by atoms with Crippen LogP contribution < -0.4 is 4.74 Å². The molecule has 1 N–H and O–H groups in total. The smallest absolute Gasteiger partial charge is 0.420 e. The van der Waals surface area contributed by atoms with Crippen molar-refractivity contribution in [2.75, 3.05) is 0 Å². The maximum atomic E-state index is 14.5. The fourth-order valence-corrected chi connectivity index (χ4v) is 6.40. The number of piperidine rings is 1. The van der Waals surface area contributed by atoms with Crippen molar-refractivity contribution in [2.45, 2.75) is 89.2 Å². The predicted octanol–water partition coefficient (Wildman–Crippen LogP) is 6.64. The summed E-state index contributed by atoms with van der Waals surface area (Å²) in [5.41, 5.74) is -0.0368. The Morgan fingerprint density at radius 3 is 2.32 bits per heavy atom. The normalized spacial score (nSPS) is 29.9. The van der Waals surface area contributed by atoms with Gasteiger partial charge in [-0.2, -0.15) is 13.2 Å². The maximum Gasteiger partial charge on any atom is 0.420 e. The van der Waals surface area contributed by atoms with Crippen molar-refractivity contribution in [1.29, 1.82) is 0 Å². The minimum absolute atomic E-state index is 0.0699. The van der Waals surface area contributed by atoms with Crippen LogP contribution in [-0.2, 0) is 17.5 Å². The van der Waals surface area contributed by atoms with Crippen LogP contribution in [0.4, 0.5) is 13.2 Å². The summed E-state index contributed by atoms with van der Waals surface area (Å²) in [6.45, 7) is 2.57. The average molecular weight is 476 g/mol. The minimum Gasteiger partial charge on any atom is -0.490 e. The molecule has 2 aromatic carbocycles. The van der Waals surface area contributed by atoms with Crippen molar-refractivity contribution in [1.82, 2.24) is 4.90 Å². The molecule has 2 atom stereocenters. The van der Waals surface area contributed by atoms with Crippen LogP contribution in [0.3, 0.4) is 0 Å². The van der Waals surface area contributed by atoms with E-state index in [2.05, 4.69) is 11.8 Å². The van der Waals surface area contributed by atoms with Crippen LogP contribution in [0.2, 0.25) is 0 Å². The van der Waals surface area contributed by atoms with Crippen molar-refractivity contribution in [3.63, 3.8) is 0 Å². The molecule has 2 heterocycles. The van der Waals surface area contributed by atoms with Crippen LogP contribution in [-0.4, -0.2) is 34.2 Å². The van der Waals surface area contributed by atoms with Gasteiger partial charge in [-0.1, -0.05) is 31.2 Å². The number of benzene rings is 2. The van der Waals surface area contributed by atoms with E-state index < -0.39 is 17.7 Å². The number of aliphatic carboxylic acids is 1. The Kier molecular flexibility index (Phi) is 6.25. The summed E-state index contributed by atoms with van der Waals surface area (Å²) in [6, 6.07) is 8.75. The molecule has 1 saturated carbocycles. The van der Waals surface area contributed by atoms with E-state index in [1.165, 1.54) is 6.07 Å². The fraction of sp³-hybridized carbons (Fsp3) is 0.593. The lowest BCUT2D eigenvalue weighted by Crippen LogP contribution is -2.44. The average Bonchev–Trinajstić information content (AvgIpc) is 3.01. The molecule has 2 bridgehead atoms. The Morgan fingerprint density at radius 1 is 1.03 bits per heavy atom. The summed E-state index contributed by atoms with van der Waals surface area (Å²) in [5, 5.41) is 10.2. The molecule has 0 aromatic heterocycles. The monoisotopic (exact) mass is 475 g/mol. The molecule has 0 spiro atoms. The van der Waals surface area contributed by atoms with Gasteiger partial charge in [-0.3, -0.25) is 9.69 Å². The SMILES string of the molecule is CC1CCC(Oc2ccc3cccc(CN4C5CCC4CC(C(=O)O)C5)c3c2C(F)(F)F)CC1. The third-order valence-corrected chi connectivity index (χ3v) is 8.22. The summed E-state index contributed by atoms with van der Waals surface area (Å²) in [5.74, 6) is -0.601. The van der Waals surface area contributed by atoms with Gasteiger partial charge in [-0.05, 0) is 74.3 Å². The van der Waals surface area contributed by atoms with Crippen molar-refractivity contribution in [3.05, 3.63) is 41.5 Å². The highest BCUT2D eigenvalue weighted by Gasteiger charge is 2.44. The van der Waals surface area contributed by atoms with Crippen LogP contribution in [0.15, 0.2) is 30.3 Å². The van der Waals surface area contributed by atoms with Crippen LogP contribution in [0, 0.1) is 11.8 Å². The highest BCUT2D eigenvalue weighted by atomic mass is 19.4. The summed E-state index contributed by atoms with van der Waals surface area (Å²) in [7, 11) is 0. The summed E-state index contributed by atoms with van der Waals surface area (Å²) < 4.78 is 49.5. The lowest BCUT2D eigenvalue weighted by molar-refractivity contribution is -0.144. The highest BCUT2D eigenvalue weighted by Crippen LogP contribution is 2.45. The Hall–Kier alpha value is -2.28. The van der Waals surface area contributed by atoms with Crippen molar-refractivity contribution in [2.24, 2.45) is 11.8 Å². The zero-order valence-electron chi connectivity index (χ0n) is 19.5. The van der Waals surface area contributed by atoms with E-state index in [0.717, 1.165) is 38.5 Å². The second kappa shape index (κ2) is 9.06. The molecule has 2 unspecified atom stereocenters. The van der Waals surface area contributed by atoms with Gasteiger partial charge in [0, 0.05) is 24.0 Å². The number of ether oxygens (including phenoxy) is 1. The number of hydrogen-bond donors (Lipinski definition) is 1. The third-order valence-electron chi connectivity index (χ3n) is 8.22. The Labute approximate surface area is 198 Å². The van der Waals surface area contributed by atoms with Crippen LogP contribution >= 0.6 is 0 Å². The summed E-state index contributed by atoms with van der Waals surface area (Å²) >= 11 is 0. The largest absolute Gasteiger partial charge is 0.490 e. The topological polar surface area (TPSA) is 49.8 Å². The molecule has 184 valence electrons. The van der Waals surface area contributed by atoms with Gasteiger partial charge in [0.05, 0.1) is 12.0 Å². The van der Waals surface area contributed by atoms with Gasteiger partial charge in [-0.15, -0.1) is 0 Å². The second-order valence-corrected chi connectivity index (χ2v) is 10.5. The van der Waals surface area contributed by atoms with E-state index in [4.69, 9.17) is 4.74 Å². The number of fused-ring (bicyclic) bond motifs is 3. The zero-order valence-corrected chi connectivity index (χ0v) is 19.5. The van der Waals surface area contributed by atoms with Crippen LogP contribution in [0.1, 0.15) is 69.4 Å². The molecular formula is C27H32F3NO3. The molecule has 4 nitrogen and oxygen atoms in total. The predicted molar refractivity (Wildman–Crippen MR) is 124 cm³/mol. The first kappa shape index (κ1) is 23.5. The molecular weight excluding hydrogens is 443 g/mol. The molecule has 34 heavy (non-hydrogen) atoms. The minimum atomic E-state index is -4.54. The van der Waals surface area contributed by atoms with Gasteiger partial charge in [0.25, 0.3) is 0 Å². The van der Waals surface area contributed by atoms with Crippen LogP contribution in [0.5, 0.6) is 5.75 Å². The number of carbonyl (C=O) groups is 1. The molecule has 2 aromatic rings. The molecule has 0 radical (unpaired) electrons. The molecule has 3 fully saturated rings. The first-order valence-corrected chi connectivity index (χ1v) is 12.5. The number of carboxylic acid groups (broad SMARTS) is 1. The molecule has 2 aliphatic heterocycles. The molecule has 3 aliphatic rings. The molecule has 1 aliphatic carbocycles. The van der Waals surface area contributed by atoms with E-state index in [9.17, 15) is 23.1 Å². The number of carboxylic acids is 1. The quantitative estimate of drug-likeness (QED) is 0.526. The molecule has 0 amide bonds. The summed E-state index contributed by atoms with van der Waals surface area (Å²) in [4.78, 5) is 13.8. The number of halogens is 3. The number of hydrogen-bond acceptors (Lipinski definition) is 3. The lowest BCUT2D eigenvalue weighted by Gasteiger charge is -2.38. The third kappa shape index (κ3) is 4.51. The van der Waals surface area contributed by atoms with Crippen molar-refractivity contribution < 1.29 is 27.8 Å². The number of alkyl halides is 3. The van der Waals surface area contributed by atoms with Crippen molar-refractivity contribution >= 4 is 16.7 Å². The summed E-state index contributed by atoms with van der Waals surface area (Å²) in [6.07, 6.45) is 1.71. The van der Waals surface area contributed by atoms with Gasteiger partial charge >= 0.3 is 12.1 Å². The molecule has 2 saturated heterocycles. The Morgan fingerprint density at radius 2 is 1.71 bits per heavy atom. The van der Waals surface area contributed by atoms with E-state index in [0.29, 0.717) is 36.3 Å².